The molecule has 68 valence electrons. The van der Waals surface area contributed by atoms with Gasteiger partial charge in [-0.2, -0.15) is 0 Å². The first-order valence-electron chi connectivity index (χ1n) is 4.18. The highest BCUT2D eigenvalue weighted by Crippen LogP contribution is 1.95. The Morgan fingerprint density at radius 2 is 2.25 bits per heavy atom. The highest BCUT2D eigenvalue weighted by Gasteiger charge is 1.96. The van der Waals surface area contributed by atoms with Crippen molar-refractivity contribution in [3.63, 3.8) is 0 Å². The molecule has 0 bridgehead atoms. The molecule has 0 aliphatic carbocycles. The summed E-state index contributed by atoms with van der Waals surface area (Å²) in [6.07, 6.45) is 5.04. The minimum absolute atomic E-state index is 0.277. The number of hydrogen-bond donors (Lipinski definition) is 0. The van der Waals surface area contributed by atoms with Crippen molar-refractivity contribution in [2.45, 2.75) is 26.7 Å². The normalized spacial score (nSPS) is 11.0. The molecule has 0 aromatic carbocycles. The number of allylic oxidation sites excluding steroid dienone is 2. The van der Waals surface area contributed by atoms with Gasteiger partial charge in [-0.1, -0.05) is 26.0 Å². The van der Waals surface area contributed by atoms with E-state index in [0.29, 0.717) is 6.61 Å². The monoisotopic (exact) mass is 168 g/mol. The van der Waals surface area contributed by atoms with Gasteiger partial charge in [0.2, 0.25) is 0 Å². The summed E-state index contributed by atoms with van der Waals surface area (Å²) >= 11 is 0. The third kappa shape index (κ3) is 5.71. The molecule has 0 heterocycles. The summed E-state index contributed by atoms with van der Waals surface area (Å²) in [5.41, 5.74) is 0.830. The van der Waals surface area contributed by atoms with E-state index in [-0.39, 0.29) is 5.97 Å². The van der Waals surface area contributed by atoms with Gasteiger partial charge in [0.1, 0.15) is 0 Å². The third-order valence-electron chi connectivity index (χ3n) is 1.41. The number of carbonyl (C=O) groups excluding carboxylic acids is 1. The fourth-order valence-electron chi connectivity index (χ4n) is 0.604. The van der Waals surface area contributed by atoms with Crippen LogP contribution in [0.5, 0.6) is 0 Å². The van der Waals surface area contributed by atoms with E-state index in [1.807, 2.05) is 6.92 Å². The number of esters is 1. The first-order chi connectivity index (χ1) is 5.70. The van der Waals surface area contributed by atoms with Crippen molar-refractivity contribution in [1.82, 2.24) is 0 Å². The molecule has 0 aromatic rings. The van der Waals surface area contributed by atoms with E-state index in [2.05, 4.69) is 13.5 Å². The summed E-state index contributed by atoms with van der Waals surface area (Å²) in [7, 11) is 0. The quantitative estimate of drug-likeness (QED) is 0.273. The van der Waals surface area contributed by atoms with Crippen LogP contribution in [0.3, 0.4) is 0 Å². The average Bonchev–Trinajstić information content (AvgIpc) is 2.05. The lowest BCUT2D eigenvalue weighted by atomic mass is 10.3. The maximum absolute atomic E-state index is 10.9. The van der Waals surface area contributed by atoms with Gasteiger partial charge in [0.15, 0.2) is 0 Å². The maximum Gasteiger partial charge on any atom is 0.331 e. The molecule has 0 aliphatic heterocycles. The van der Waals surface area contributed by atoms with E-state index in [1.54, 1.807) is 6.08 Å². The lowest BCUT2D eigenvalue weighted by Gasteiger charge is -1.99. The Morgan fingerprint density at radius 3 is 2.75 bits per heavy atom. The Hall–Kier alpha value is -1.05. The molecule has 12 heavy (non-hydrogen) atoms. The number of unbranched alkanes of at least 4 members (excludes halogenated alkanes) is 1. The summed E-state index contributed by atoms with van der Waals surface area (Å²) in [4.78, 5) is 10.9. The summed E-state index contributed by atoms with van der Waals surface area (Å²) in [5, 5.41) is 0. The molecule has 0 fully saturated rings. The van der Waals surface area contributed by atoms with E-state index in [4.69, 9.17) is 4.74 Å². The summed E-state index contributed by atoms with van der Waals surface area (Å²) in [5.74, 6) is -0.277. The van der Waals surface area contributed by atoms with Crippen LogP contribution in [-0.2, 0) is 9.53 Å². The average molecular weight is 168 g/mol. The van der Waals surface area contributed by atoms with Gasteiger partial charge >= 0.3 is 5.97 Å². The molecule has 0 saturated carbocycles. The molecule has 0 aliphatic rings. The largest absolute Gasteiger partial charge is 0.463 e. The zero-order valence-corrected chi connectivity index (χ0v) is 7.80. The van der Waals surface area contributed by atoms with Crippen molar-refractivity contribution in [3.05, 3.63) is 24.3 Å². The minimum Gasteiger partial charge on any atom is -0.463 e. The second kappa shape index (κ2) is 6.65. The lowest BCUT2D eigenvalue weighted by Crippen LogP contribution is -2.02. The third-order valence-corrected chi connectivity index (χ3v) is 1.41. The molecule has 0 spiro atoms. The van der Waals surface area contributed by atoms with Gasteiger partial charge in [0, 0.05) is 6.08 Å². The van der Waals surface area contributed by atoms with Crippen molar-refractivity contribution in [2.75, 3.05) is 6.61 Å². The van der Waals surface area contributed by atoms with Crippen LogP contribution in [0.1, 0.15) is 26.7 Å². The van der Waals surface area contributed by atoms with Crippen LogP contribution >= 0.6 is 0 Å². The van der Waals surface area contributed by atoms with Gasteiger partial charge in [0.05, 0.1) is 6.61 Å². The Balaban J connectivity index is 3.66. The summed E-state index contributed by atoms with van der Waals surface area (Å²) in [6.45, 7) is 7.91. The van der Waals surface area contributed by atoms with Gasteiger partial charge in [-0.15, -0.1) is 0 Å². The zero-order valence-electron chi connectivity index (χ0n) is 7.80. The molecular formula is C10H16O2. The molecule has 0 rings (SSSR count). The molecule has 0 amide bonds. The second-order valence-electron chi connectivity index (χ2n) is 2.61. The standard InChI is InChI=1S/C10H16O2/c1-4-6-7-12-10(11)8-9(3)5-2/h5,8H,2,4,6-7H2,1,3H3/b9-8-. The van der Waals surface area contributed by atoms with Crippen molar-refractivity contribution in [1.29, 1.82) is 0 Å². The predicted molar refractivity (Wildman–Crippen MR) is 49.8 cm³/mol. The van der Waals surface area contributed by atoms with Crippen LogP contribution in [0.2, 0.25) is 0 Å². The van der Waals surface area contributed by atoms with Crippen LogP contribution in [0.4, 0.5) is 0 Å². The topological polar surface area (TPSA) is 26.3 Å². The molecule has 0 saturated heterocycles. The molecule has 0 unspecified atom stereocenters. The molecular weight excluding hydrogens is 152 g/mol. The van der Waals surface area contributed by atoms with Crippen molar-refractivity contribution < 1.29 is 9.53 Å². The van der Waals surface area contributed by atoms with Crippen LogP contribution < -0.4 is 0 Å². The first kappa shape index (κ1) is 11.0. The summed E-state index contributed by atoms with van der Waals surface area (Å²) in [6, 6.07) is 0. The molecule has 2 heteroatoms. The molecule has 0 radical (unpaired) electrons. The Kier molecular flexibility index (Phi) is 6.07. The number of hydrogen-bond acceptors (Lipinski definition) is 2. The van der Waals surface area contributed by atoms with E-state index in [9.17, 15) is 4.79 Å². The fraction of sp³-hybridized carbons (Fsp3) is 0.500. The van der Waals surface area contributed by atoms with Crippen LogP contribution in [-0.4, -0.2) is 12.6 Å². The predicted octanol–water partition coefficient (Wildman–Crippen LogP) is 2.46. The summed E-state index contributed by atoms with van der Waals surface area (Å²) < 4.78 is 4.89. The number of carbonyl (C=O) groups is 1. The van der Waals surface area contributed by atoms with E-state index in [0.717, 1.165) is 18.4 Å². The van der Waals surface area contributed by atoms with E-state index in [1.165, 1.54) is 6.08 Å². The van der Waals surface area contributed by atoms with E-state index >= 15 is 0 Å². The van der Waals surface area contributed by atoms with E-state index < -0.39 is 0 Å². The minimum atomic E-state index is -0.277. The highest BCUT2D eigenvalue weighted by molar-refractivity contribution is 5.83. The van der Waals surface area contributed by atoms with Gasteiger partial charge in [-0.05, 0) is 18.9 Å². The Bertz CT molecular complexity index is 180. The van der Waals surface area contributed by atoms with Gasteiger partial charge < -0.3 is 4.74 Å². The van der Waals surface area contributed by atoms with Crippen LogP contribution in [0.15, 0.2) is 24.3 Å². The molecule has 0 aromatic heterocycles. The van der Waals surface area contributed by atoms with Crippen molar-refractivity contribution in [2.24, 2.45) is 0 Å². The lowest BCUT2D eigenvalue weighted by molar-refractivity contribution is -0.137. The van der Waals surface area contributed by atoms with Gasteiger partial charge in [-0.3, -0.25) is 0 Å². The Labute approximate surface area is 73.9 Å². The highest BCUT2D eigenvalue weighted by atomic mass is 16.5. The zero-order chi connectivity index (χ0) is 9.40. The van der Waals surface area contributed by atoms with Crippen LogP contribution in [0, 0.1) is 0 Å². The Morgan fingerprint density at radius 1 is 1.58 bits per heavy atom. The first-order valence-corrected chi connectivity index (χ1v) is 4.18. The van der Waals surface area contributed by atoms with Gasteiger partial charge in [0.25, 0.3) is 0 Å². The number of ether oxygens (including phenoxy) is 1. The number of rotatable bonds is 5. The second-order valence-corrected chi connectivity index (χ2v) is 2.61. The van der Waals surface area contributed by atoms with Gasteiger partial charge in [-0.25, -0.2) is 4.79 Å². The van der Waals surface area contributed by atoms with Crippen LogP contribution in [0.25, 0.3) is 0 Å². The fourth-order valence-corrected chi connectivity index (χ4v) is 0.604. The van der Waals surface area contributed by atoms with Crippen molar-refractivity contribution in [3.8, 4) is 0 Å². The molecule has 2 nitrogen and oxygen atoms in total. The maximum atomic E-state index is 10.9. The SMILES string of the molecule is C=C/C(C)=C\C(=O)OCCCC. The smallest absolute Gasteiger partial charge is 0.331 e. The van der Waals surface area contributed by atoms with Crippen molar-refractivity contribution >= 4 is 5.97 Å². The molecule has 0 N–H and O–H groups in total. The molecule has 0 atom stereocenters.